The molecule has 4 atom stereocenters. The molecule has 0 aromatic heterocycles. The summed E-state index contributed by atoms with van der Waals surface area (Å²) in [5.74, 6) is 3.50. The lowest BCUT2D eigenvalue weighted by atomic mass is 9.63. The van der Waals surface area contributed by atoms with Crippen LogP contribution >= 0.6 is 0 Å². The molecule has 0 spiro atoms. The van der Waals surface area contributed by atoms with Crippen LogP contribution in [0.5, 0.6) is 0 Å². The SMILES string of the molecule is C=CCCc1ccc2cc([C@@H]3CC[C@@H]4CC(CCCCCC)CCC4C3)ccc2c1F. The molecule has 2 fully saturated rings. The van der Waals surface area contributed by atoms with Crippen LogP contribution in [0.3, 0.4) is 0 Å². The van der Waals surface area contributed by atoms with E-state index in [2.05, 4.69) is 31.7 Å². The first kappa shape index (κ1) is 22.6. The average molecular weight is 421 g/mol. The molecule has 0 bridgehead atoms. The molecule has 31 heavy (non-hydrogen) atoms. The summed E-state index contributed by atoms with van der Waals surface area (Å²) in [6, 6.07) is 10.6. The topological polar surface area (TPSA) is 0 Å². The lowest BCUT2D eigenvalue weighted by molar-refractivity contribution is 0.113. The van der Waals surface area contributed by atoms with Crippen LogP contribution in [-0.2, 0) is 6.42 Å². The first-order chi connectivity index (χ1) is 15.2. The van der Waals surface area contributed by atoms with Gasteiger partial charge in [0.05, 0.1) is 0 Å². The van der Waals surface area contributed by atoms with Gasteiger partial charge in [0.1, 0.15) is 5.82 Å². The average Bonchev–Trinajstić information content (AvgIpc) is 2.81. The maximum Gasteiger partial charge on any atom is 0.134 e. The van der Waals surface area contributed by atoms with Gasteiger partial charge >= 0.3 is 0 Å². The Labute approximate surface area is 189 Å². The Bertz CT molecular complexity index is 866. The predicted octanol–water partition coefficient (Wildman–Crippen LogP) is 9.37. The molecular formula is C30H41F. The molecule has 2 aliphatic carbocycles. The minimum atomic E-state index is -0.0353. The smallest absolute Gasteiger partial charge is 0.134 e. The summed E-state index contributed by atoms with van der Waals surface area (Å²) in [7, 11) is 0. The number of fused-ring (bicyclic) bond motifs is 2. The number of hydrogen-bond acceptors (Lipinski definition) is 0. The Kier molecular flexibility index (Phi) is 7.86. The Hall–Kier alpha value is -1.63. The molecule has 0 aliphatic heterocycles. The number of rotatable bonds is 9. The highest BCUT2D eigenvalue weighted by molar-refractivity contribution is 5.84. The third kappa shape index (κ3) is 5.41. The van der Waals surface area contributed by atoms with Crippen molar-refractivity contribution in [2.75, 3.05) is 0 Å². The van der Waals surface area contributed by atoms with Crippen molar-refractivity contribution in [3.05, 3.63) is 59.9 Å². The maximum absolute atomic E-state index is 14.9. The molecule has 0 radical (unpaired) electrons. The van der Waals surface area contributed by atoms with Crippen LogP contribution in [0.4, 0.5) is 4.39 Å². The van der Waals surface area contributed by atoms with E-state index in [1.54, 1.807) is 0 Å². The first-order valence-corrected chi connectivity index (χ1v) is 13.0. The quantitative estimate of drug-likeness (QED) is 0.280. The minimum absolute atomic E-state index is 0.0353. The molecule has 0 nitrogen and oxygen atoms in total. The molecule has 0 saturated heterocycles. The number of hydrogen-bond donors (Lipinski definition) is 0. The van der Waals surface area contributed by atoms with Crippen molar-refractivity contribution >= 4 is 10.8 Å². The van der Waals surface area contributed by atoms with Crippen LogP contribution in [0.15, 0.2) is 43.0 Å². The molecule has 0 heterocycles. The van der Waals surface area contributed by atoms with Gasteiger partial charge in [-0.1, -0.05) is 81.9 Å². The molecule has 2 aliphatic rings. The highest BCUT2D eigenvalue weighted by Crippen LogP contribution is 2.48. The molecule has 4 rings (SSSR count). The van der Waals surface area contributed by atoms with Crippen molar-refractivity contribution in [1.82, 2.24) is 0 Å². The van der Waals surface area contributed by atoms with Crippen LogP contribution in [0.1, 0.15) is 101 Å². The molecule has 2 unspecified atom stereocenters. The van der Waals surface area contributed by atoms with Crippen molar-refractivity contribution in [2.24, 2.45) is 17.8 Å². The van der Waals surface area contributed by atoms with Gasteiger partial charge in [0.2, 0.25) is 0 Å². The minimum Gasteiger partial charge on any atom is -0.206 e. The normalized spacial score (nSPS) is 26.0. The van der Waals surface area contributed by atoms with Gasteiger partial charge in [-0.25, -0.2) is 4.39 Å². The van der Waals surface area contributed by atoms with E-state index in [9.17, 15) is 4.39 Å². The van der Waals surface area contributed by atoms with Crippen molar-refractivity contribution in [2.45, 2.75) is 96.3 Å². The van der Waals surface area contributed by atoms with E-state index >= 15 is 0 Å². The number of allylic oxidation sites excluding steroid dienone is 1. The Morgan fingerprint density at radius 2 is 1.81 bits per heavy atom. The molecule has 0 amide bonds. The fraction of sp³-hybridized carbons (Fsp3) is 0.600. The summed E-state index contributed by atoms with van der Waals surface area (Å²) in [5.41, 5.74) is 2.25. The summed E-state index contributed by atoms with van der Waals surface area (Å²) < 4.78 is 14.9. The zero-order valence-electron chi connectivity index (χ0n) is 19.6. The number of unbranched alkanes of at least 4 members (excludes halogenated alkanes) is 3. The predicted molar refractivity (Wildman–Crippen MR) is 132 cm³/mol. The second-order valence-electron chi connectivity index (χ2n) is 10.4. The van der Waals surface area contributed by atoms with Gasteiger partial charge in [-0.2, -0.15) is 0 Å². The van der Waals surface area contributed by atoms with Crippen LogP contribution in [-0.4, -0.2) is 0 Å². The molecule has 1 heteroatoms. The Balaban J connectivity index is 1.37. The lowest BCUT2D eigenvalue weighted by Crippen LogP contribution is -2.30. The fourth-order valence-electron chi connectivity index (χ4n) is 6.47. The summed E-state index contributed by atoms with van der Waals surface area (Å²) in [4.78, 5) is 0. The summed E-state index contributed by atoms with van der Waals surface area (Å²) in [6.45, 7) is 6.06. The van der Waals surface area contributed by atoms with E-state index in [0.717, 1.165) is 46.9 Å². The van der Waals surface area contributed by atoms with E-state index in [1.165, 1.54) is 76.2 Å². The molecule has 2 aromatic carbocycles. The maximum atomic E-state index is 14.9. The van der Waals surface area contributed by atoms with Crippen molar-refractivity contribution < 1.29 is 4.39 Å². The molecule has 2 aromatic rings. The van der Waals surface area contributed by atoms with Crippen LogP contribution in [0.25, 0.3) is 10.8 Å². The molecule has 2 saturated carbocycles. The zero-order valence-corrected chi connectivity index (χ0v) is 19.6. The second kappa shape index (κ2) is 10.8. The van der Waals surface area contributed by atoms with Crippen LogP contribution < -0.4 is 0 Å². The lowest BCUT2D eigenvalue weighted by Gasteiger charge is -2.42. The highest BCUT2D eigenvalue weighted by atomic mass is 19.1. The van der Waals surface area contributed by atoms with Crippen molar-refractivity contribution in [3.8, 4) is 0 Å². The Morgan fingerprint density at radius 1 is 0.968 bits per heavy atom. The molecule has 168 valence electrons. The van der Waals surface area contributed by atoms with E-state index in [1.807, 2.05) is 18.2 Å². The van der Waals surface area contributed by atoms with Gasteiger partial charge in [0, 0.05) is 5.39 Å². The second-order valence-corrected chi connectivity index (χ2v) is 10.4. The largest absolute Gasteiger partial charge is 0.206 e. The van der Waals surface area contributed by atoms with E-state index < -0.39 is 0 Å². The Morgan fingerprint density at radius 3 is 2.65 bits per heavy atom. The number of halogens is 1. The van der Waals surface area contributed by atoms with Crippen LogP contribution in [0, 0.1) is 23.6 Å². The van der Waals surface area contributed by atoms with Gasteiger partial charge in [-0.15, -0.1) is 6.58 Å². The van der Waals surface area contributed by atoms with Crippen LogP contribution in [0.2, 0.25) is 0 Å². The van der Waals surface area contributed by atoms with Gasteiger partial charge in [0.15, 0.2) is 0 Å². The standard InChI is InChI=1S/C30H41F/c1-3-5-7-8-9-22-11-12-25-20-26(15-14-24(25)19-22)27-17-18-29-28(21-27)16-13-23(30(29)31)10-6-4-2/h4,13,16-18,21-22,24-26H,2-3,5-12,14-15,19-20H2,1H3/t22?,24-,25?,26-/m1/s1. The van der Waals surface area contributed by atoms with E-state index in [0.29, 0.717) is 5.92 Å². The van der Waals surface area contributed by atoms with Gasteiger partial charge in [-0.05, 0) is 85.1 Å². The monoisotopic (exact) mass is 420 g/mol. The zero-order chi connectivity index (χ0) is 21.6. The fourth-order valence-corrected chi connectivity index (χ4v) is 6.47. The van der Waals surface area contributed by atoms with Gasteiger partial charge < -0.3 is 0 Å². The van der Waals surface area contributed by atoms with Gasteiger partial charge in [0.25, 0.3) is 0 Å². The van der Waals surface area contributed by atoms with E-state index in [4.69, 9.17) is 0 Å². The van der Waals surface area contributed by atoms with E-state index in [-0.39, 0.29) is 5.82 Å². The highest BCUT2D eigenvalue weighted by Gasteiger charge is 2.35. The summed E-state index contributed by atoms with van der Waals surface area (Å²) >= 11 is 0. The third-order valence-corrected chi connectivity index (χ3v) is 8.33. The number of aryl methyl sites for hydroxylation is 1. The molecule has 0 N–H and O–H groups in total. The first-order valence-electron chi connectivity index (χ1n) is 13.0. The van der Waals surface area contributed by atoms with Crippen molar-refractivity contribution in [1.29, 1.82) is 0 Å². The third-order valence-electron chi connectivity index (χ3n) is 8.33. The molecular weight excluding hydrogens is 379 g/mol. The van der Waals surface area contributed by atoms with Gasteiger partial charge in [-0.3, -0.25) is 0 Å². The van der Waals surface area contributed by atoms with Crippen molar-refractivity contribution in [3.63, 3.8) is 0 Å². The summed E-state index contributed by atoms with van der Waals surface area (Å²) in [6.07, 6.45) is 19.0. The summed E-state index contributed by atoms with van der Waals surface area (Å²) in [5, 5.41) is 1.85. The number of benzene rings is 2.